The molecule has 1 heterocycles. The zero-order valence-electron chi connectivity index (χ0n) is 13.1. The van der Waals surface area contributed by atoms with Gasteiger partial charge < -0.3 is 10.1 Å². The van der Waals surface area contributed by atoms with E-state index in [1.165, 1.54) is 24.3 Å². The molecule has 0 bridgehead atoms. The van der Waals surface area contributed by atoms with Crippen LogP contribution < -0.4 is 20.6 Å². The zero-order chi connectivity index (χ0) is 17.7. The van der Waals surface area contributed by atoms with E-state index in [2.05, 4.69) is 15.0 Å². The predicted octanol–water partition coefficient (Wildman–Crippen LogP) is 4.28. The number of hydrogen-bond acceptors (Lipinski definition) is 3. The third-order valence-electron chi connectivity index (χ3n) is 3.17. The SMILES string of the molecule is C/C=c1/ccc(Nc2ccc(OC(F)(F)F)cc2)n/c1=C(\Cl)CC. The minimum Gasteiger partial charge on any atom is -0.406 e. The van der Waals surface area contributed by atoms with Crippen molar-refractivity contribution < 1.29 is 17.9 Å². The first-order valence-electron chi connectivity index (χ1n) is 7.27. The molecule has 0 fully saturated rings. The maximum atomic E-state index is 12.1. The number of nitrogens with one attached hydrogen (secondary N) is 1. The molecule has 0 saturated heterocycles. The first-order valence-corrected chi connectivity index (χ1v) is 7.65. The lowest BCUT2D eigenvalue weighted by Crippen LogP contribution is -2.29. The first-order chi connectivity index (χ1) is 11.3. The highest BCUT2D eigenvalue weighted by molar-refractivity contribution is 6.44. The van der Waals surface area contributed by atoms with Gasteiger partial charge in [0.15, 0.2) is 0 Å². The molecule has 0 radical (unpaired) electrons. The predicted molar refractivity (Wildman–Crippen MR) is 89.6 cm³/mol. The summed E-state index contributed by atoms with van der Waals surface area (Å²) in [6.07, 6.45) is -2.14. The van der Waals surface area contributed by atoms with E-state index in [0.29, 0.717) is 28.3 Å². The molecular formula is C17H16ClF3N2O. The van der Waals surface area contributed by atoms with Crippen LogP contribution in [0.3, 0.4) is 0 Å². The van der Waals surface area contributed by atoms with Crippen molar-refractivity contribution in [3.05, 3.63) is 47.0 Å². The van der Waals surface area contributed by atoms with Crippen LogP contribution in [0.25, 0.3) is 11.1 Å². The summed E-state index contributed by atoms with van der Waals surface area (Å²) in [6.45, 7) is 3.83. The smallest absolute Gasteiger partial charge is 0.406 e. The molecule has 0 aliphatic carbocycles. The second kappa shape index (κ2) is 7.57. The molecule has 0 aliphatic heterocycles. The standard InChI is InChI=1S/C17H16ClF3N2O/c1-3-11-5-10-15(23-16(11)14(18)4-2)22-12-6-8-13(9-7-12)24-17(19,20)21/h3,5-10H,4H2,1-2H3,(H,22,23)/b11-3-,16-14-. The van der Waals surface area contributed by atoms with Crippen LogP contribution >= 0.6 is 11.6 Å². The fourth-order valence-corrected chi connectivity index (χ4v) is 2.20. The van der Waals surface area contributed by atoms with Crippen LogP contribution in [-0.4, -0.2) is 11.3 Å². The van der Waals surface area contributed by atoms with Gasteiger partial charge in [-0.25, -0.2) is 4.98 Å². The number of alkyl halides is 3. The summed E-state index contributed by atoms with van der Waals surface area (Å²) in [5, 5.41) is 5.27. The number of rotatable bonds is 4. The highest BCUT2D eigenvalue weighted by Gasteiger charge is 2.30. The summed E-state index contributed by atoms with van der Waals surface area (Å²) >= 11 is 6.22. The lowest BCUT2D eigenvalue weighted by atomic mass is 10.2. The van der Waals surface area contributed by atoms with E-state index in [0.717, 1.165) is 5.22 Å². The number of anilines is 2. The van der Waals surface area contributed by atoms with Gasteiger partial charge in [0.2, 0.25) is 0 Å². The number of aromatic nitrogens is 1. The molecule has 24 heavy (non-hydrogen) atoms. The van der Waals surface area contributed by atoms with Gasteiger partial charge in [0, 0.05) is 10.7 Å². The summed E-state index contributed by atoms with van der Waals surface area (Å²) in [6, 6.07) is 9.08. The van der Waals surface area contributed by atoms with Crippen molar-refractivity contribution in [1.82, 2.24) is 4.98 Å². The highest BCUT2D eigenvalue weighted by atomic mass is 35.5. The van der Waals surface area contributed by atoms with Gasteiger partial charge in [0.25, 0.3) is 0 Å². The van der Waals surface area contributed by atoms with E-state index < -0.39 is 6.36 Å². The van der Waals surface area contributed by atoms with E-state index in [-0.39, 0.29) is 5.75 Å². The Balaban J connectivity index is 2.26. The van der Waals surface area contributed by atoms with E-state index in [1.807, 2.05) is 26.0 Å². The molecule has 0 atom stereocenters. The maximum Gasteiger partial charge on any atom is 0.573 e. The van der Waals surface area contributed by atoms with Gasteiger partial charge in [-0.15, -0.1) is 13.2 Å². The topological polar surface area (TPSA) is 34.1 Å². The van der Waals surface area contributed by atoms with Crippen molar-refractivity contribution in [3.8, 4) is 5.75 Å². The van der Waals surface area contributed by atoms with Crippen molar-refractivity contribution in [2.75, 3.05) is 5.32 Å². The Bertz CT molecular complexity index is 817. The third-order valence-corrected chi connectivity index (χ3v) is 3.61. The highest BCUT2D eigenvalue weighted by Crippen LogP contribution is 2.24. The van der Waals surface area contributed by atoms with Crippen LogP contribution in [0, 0.1) is 0 Å². The van der Waals surface area contributed by atoms with Gasteiger partial charge >= 0.3 is 6.36 Å². The number of nitrogens with zero attached hydrogens (tertiary/aromatic N) is 1. The van der Waals surface area contributed by atoms with Crippen LogP contribution in [-0.2, 0) is 0 Å². The normalized spacial score (nSPS) is 13.7. The van der Waals surface area contributed by atoms with E-state index in [9.17, 15) is 13.2 Å². The minimum atomic E-state index is -4.70. The van der Waals surface area contributed by atoms with Gasteiger partial charge in [-0.1, -0.05) is 24.6 Å². The van der Waals surface area contributed by atoms with Crippen molar-refractivity contribution in [2.24, 2.45) is 0 Å². The first kappa shape index (κ1) is 18.1. The Hall–Kier alpha value is -2.21. The average Bonchev–Trinajstić information content (AvgIpc) is 2.54. The Morgan fingerprint density at radius 3 is 2.42 bits per heavy atom. The van der Waals surface area contributed by atoms with Crippen LogP contribution in [0.1, 0.15) is 20.3 Å². The molecule has 2 aromatic rings. The van der Waals surface area contributed by atoms with Crippen LogP contribution in [0.5, 0.6) is 5.75 Å². The molecule has 0 unspecified atom stereocenters. The maximum absolute atomic E-state index is 12.1. The quantitative estimate of drug-likeness (QED) is 0.887. The molecule has 1 aromatic heterocycles. The monoisotopic (exact) mass is 356 g/mol. The zero-order valence-corrected chi connectivity index (χ0v) is 13.9. The number of halogens is 4. The molecule has 1 N–H and O–H groups in total. The van der Waals surface area contributed by atoms with E-state index in [4.69, 9.17) is 11.6 Å². The molecule has 0 saturated carbocycles. The summed E-state index contributed by atoms with van der Waals surface area (Å²) in [7, 11) is 0. The van der Waals surface area contributed by atoms with Crippen molar-refractivity contribution in [2.45, 2.75) is 26.6 Å². The average molecular weight is 357 g/mol. The Morgan fingerprint density at radius 1 is 1.21 bits per heavy atom. The molecule has 0 spiro atoms. The summed E-state index contributed by atoms with van der Waals surface area (Å²) < 4.78 is 40.3. The van der Waals surface area contributed by atoms with Crippen molar-refractivity contribution >= 4 is 34.2 Å². The minimum absolute atomic E-state index is 0.278. The van der Waals surface area contributed by atoms with Gasteiger partial charge in [0.1, 0.15) is 11.6 Å². The lowest BCUT2D eigenvalue weighted by molar-refractivity contribution is -0.274. The summed E-state index contributed by atoms with van der Waals surface area (Å²) in [5.41, 5.74) is 0.587. The summed E-state index contributed by atoms with van der Waals surface area (Å²) in [4.78, 5) is 4.47. The number of pyridine rings is 1. The molecule has 128 valence electrons. The second-order valence-electron chi connectivity index (χ2n) is 4.88. The van der Waals surface area contributed by atoms with Gasteiger partial charge in [0.05, 0.1) is 5.35 Å². The number of benzene rings is 1. The van der Waals surface area contributed by atoms with E-state index >= 15 is 0 Å². The lowest BCUT2D eigenvalue weighted by Gasteiger charge is -2.10. The van der Waals surface area contributed by atoms with Crippen LogP contribution in [0.15, 0.2) is 36.4 Å². The van der Waals surface area contributed by atoms with Gasteiger partial charge in [-0.3, -0.25) is 0 Å². The fourth-order valence-electron chi connectivity index (χ4n) is 2.05. The molecule has 2 rings (SSSR count). The van der Waals surface area contributed by atoms with Gasteiger partial charge in [-0.05, 0) is 55.0 Å². The number of ether oxygens (including phenoxy) is 1. The summed E-state index contributed by atoms with van der Waals surface area (Å²) in [5.74, 6) is 0.270. The van der Waals surface area contributed by atoms with Gasteiger partial charge in [-0.2, -0.15) is 0 Å². The Morgan fingerprint density at radius 2 is 1.88 bits per heavy atom. The largest absolute Gasteiger partial charge is 0.573 e. The molecule has 0 aliphatic rings. The van der Waals surface area contributed by atoms with Crippen LogP contribution in [0.4, 0.5) is 24.7 Å². The fraction of sp³-hybridized carbons (Fsp3) is 0.235. The van der Waals surface area contributed by atoms with Crippen molar-refractivity contribution in [1.29, 1.82) is 0 Å². The second-order valence-corrected chi connectivity index (χ2v) is 5.33. The number of hydrogen-bond donors (Lipinski definition) is 1. The molecule has 1 aromatic carbocycles. The third kappa shape index (κ3) is 4.89. The Kier molecular flexibility index (Phi) is 5.72. The Labute approximate surface area is 142 Å². The van der Waals surface area contributed by atoms with Crippen LogP contribution in [0.2, 0.25) is 0 Å². The molecule has 7 heteroatoms. The molecule has 3 nitrogen and oxygen atoms in total. The molecule has 0 amide bonds. The molecular weight excluding hydrogens is 341 g/mol. The van der Waals surface area contributed by atoms with E-state index in [1.54, 1.807) is 6.07 Å². The van der Waals surface area contributed by atoms with Crippen molar-refractivity contribution in [3.63, 3.8) is 0 Å².